The Morgan fingerprint density at radius 3 is 2.73 bits per heavy atom. The van der Waals surface area contributed by atoms with Gasteiger partial charge in [-0.2, -0.15) is 4.39 Å². The zero-order chi connectivity index (χ0) is 19.4. The second-order valence-corrected chi connectivity index (χ2v) is 6.40. The van der Waals surface area contributed by atoms with Crippen molar-refractivity contribution >= 4 is 33.2 Å². The zero-order valence-corrected chi connectivity index (χ0v) is 15.4. The van der Waals surface area contributed by atoms with E-state index in [1.54, 1.807) is 0 Å². The minimum absolute atomic E-state index is 0.126. The molecule has 0 radical (unpaired) electrons. The van der Waals surface area contributed by atoms with Crippen LogP contribution >= 0.6 is 15.9 Å². The van der Waals surface area contributed by atoms with E-state index in [1.165, 1.54) is 26.1 Å². The van der Waals surface area contributed by atoms with Crippen LogP contribution in [0.4, 0.5) is 20.2 Å². The number of aliphatic hydroxyl groups excluding tert-OH is 1. The lowest BCUT2D eigenvalue weighted by molar-refractivity contribution is -0.00687. The number of aryl methyl sites for hydroxylation is 1. The van der Waals surface area contributed by atoms with Crippen molar-refractivity contribution in [3.8, 4) is 0 Å². The zero-order valence-electron chi connectivity index (χ0n) is 13.8. The number of aliphatic hydroxyl groups is 1. The van der Waals surface area contributed by atoms with Crippen LogP contribution in [0.5, 0.6) is 0 Å². The Bertz CT molecular complexity index is 887. The van der Waals surface area contributed by atoms with Crippen LogP contribution in [-0.4, -0.2) is 28.3 Å². The van der Waals surface area contributed by atoms with Gasteiger partial charge in [0, 0.05) is 17.7 Å². The second kappa shape index (κ2) is 8.39. The van der Waals surface area contributed by atoms with E-state index >= 15 is 0 Å². The summed E-state index contributed by atoms with van der Waals surface area (Å²) in [5.41, 5.74) is 0.139. The molecule has 7 nitrogen and oxygen atoms in total. The lowest BCUT2D eigenvalue weighted by Gasteiger charge is -2.15. The van der Waals surface area contributed by atoms with Crippen molar-refractivity contribution in [1.29, 1.82) is 0 Å². The number of nitrogens with zero attached hydrogens (tertiary/aromatic N) is 1. The number of benzene rings is 1. The minimum atomic E-state index is -1.25. The normalized spacial score (nSPS) is 11.9. The van der Waals surface area contributed by atoms with Crippen LogP contribution in [0.25, 0.3) is 0 Å². The molecule has 3 N–H and O–H groups in total. The standard InChI is InChI=1S/C16H16BrF2N3O4/c1-8(23)7-26-21-15(24)10-6-22(2)16(25)13(19)14(10)20-12-4-3-9(17)5-11(12)18/h3-6,8,20,23H,7H2,1-2H3,(H,21,24). The largest absolute Gasteiger partial charge is 0.391 e. The van der Waals surface area contributed by atoms with E-state index in [4.69, 9.17) is 9.94 Å². The Hall–Kier alpha value is -2.30. The highest BCUT2D eigenvalue weighted by molar-refractivity contribution is 9.10. The number of pyridine rings is 1. The van der Waals surface area contributed by atoms with Gasteiger partial charge in [-0.05, 0) is 25.1 Å². The number of amides is 1. The first-order valence-corrected chi connectivity index (χ1v) is 8.21. The van der Waals surface area contributed by atoms with Crippen molar-refractivity contribution in [2.24, 2.45) is 7.05 Å². The van der Waals surface area contributed by atoms with Gasteiger partial charge in [0.1, 0.15) is 12.4 Å². The van der Waals surface area contributed by atoms with Crippen molar-refractivity contribution in [3.63, 3.8) is 0 Å². The lowest BCUT2D eigenvalue weighted by atomic mass is 10.2. The van der Waals surface area contributed by atoms with E-state index in [0.717, 1.165) is 16.8 Å². The fourth-order valence-corrected chi connectivity index (χ4v) is 2.33. The predicted molar refractivity (Wildman–Crippen MR) is 94.1 cm³/mol. The molecule has 2 aromatic rings. The maximum atomic E-state index is 14.4. The van der Waals surface area contributed by atoms with Gasteiger partial charge >= 0.3 is 0 Å². The van der Waals surface area contributed by atoms with Gasteiger partial charge in [0.25, 0.3) is 11.5 Å². The molecule has 10 heteroatoms. The summed E-state index contributed by atoms with van der Waals surface area (Å²) >= 11 is 3.10. The van der Waals surface area contributed by atoms with Crippen molar-refractivity contribution in [3.05, 3.63) is 56.4 Å². The van der Waals surface area contributed by atoms with E-state index in [9.17, 15) is 18.4 Å². The number of carbonyl (C=O) groups excluding carboxylic acids is 1. The first-order valence-electron chi connectivity index (χ1n) is 7.42. The lowest BCUT2D eigenvalue weighted by Crippen LogP contribution is -2.31. The highest BCUT2D eigenvalue weighted by Gasteiger charge is 2.21. The SMILES string of the molecule is CC(O)CONC(=O)c1cn(C)c(=O)c(F)c1Nc1ccc(Br)cc1F. The Labute approximate surface area is 155 Å². The summed E-state index contributed by atoms with van der Waals surface area (Å²) in [6, 6.07) is 3.98. The van der Waals surface area contributed by atoms with Crippen LogP contribution in [0.15, 0.2) is 33.7 Å². The van der Waals surface area contributed by atoms with E-state index < -0.39 is 34.9 Å². The van der Waals surface area contributed by atoms with E-state index in [1.807, 2.05) is 5.48 Å². The smallest absolute Gasteiger partial charge is 0.288 e. The Morgan fingerprint density at radius 1 is 1.42 bits per heavy atom. The maximum absolute atomic E-state index is 14.4. The molecule has 26 heavy (non-hydrogen) atoms. The molecule has 140 valence electrons. The molecule has 1 atom stereocenters. The first-order chi connectivity index (χ1) is 12.2. The number of rotatable bonds is 6. The average Bonchev–Trinajstić information content (AvgIpc) is 2.56. The molecular formula is C16H16BrF2N3O4. The molecule has 2 rings (SSSR count). The van der Waals surface area contributed by atoms with Crippen molar-refractivity contribution < 1.29 is 23.5 Å². The molecule has 0 spiro atoms. The van der Waals surface area contributed by atoms with Crippen molar-refractivity contribution in [1.82, 2.24) is 10.0 Å². The van der Waals surface area contributed by atoms with Crippen LogP contribution in [0.2, 0.25) is 0 Å². The third-order valence-electron chi connectivity index (χ3n) is 3.24. The Kier molecular flexibility index (Phi) is 6.46. The summed E-state index contributed by atoms with van der Waals surface area (Å²) < 4.78 is 29.8. The summed E-state index contributed by atoms with van der Waals surface area (Å²) in [5, 5.41) is 11.6. The van der Waals surface area contributed by atoms with Crippen molar-refractivity contribution in [2.45, 2.75) is 13.0 Å². The van der Waals surface area contributed by atoms with Gasteiger partial charge in [-0.3, -0.25) is 14.4 Å². The molecule has 0 aliphatic heterocycles. The van der Waals surface area contributed by atoms with Gasteiger partial charge in [0.15, 0.2) is 0 Å². The molecular weight excluding hydrogens is 416 g/mol. The molecule has 0 saturated carbocycles. The van der Waals surface area contributed by atoms with E-state index in [0.29, 0.717) is 4.47 Å². The molecule has 0 saturated heterocycles. The summed E-state index contributed by atoms with van der Waals surface area (Å²) in [4.78, 5) is 28.9. The number of nitrogens with one attached hydrogen (secondary N) is 2. The summed E-state index contributed by atoms with van der Waals surface area (Å²) in [5.74, 6) is -2.84. The van der Waals surface area contributed by atoms with E-state index in [-0.39, 0.29) is 17.9 Å². The highest BCUT2D eigenvalue weighted by Crippen LogP contribution is 2.26. The van der Waals surface area contributed by atoms with Gasteiger partial charge in [-0.25, -0.2) is 9.87 Å². The van der Waals surface area contributed by atoms with Crippen LogP contribution in [-0.2, 0) is 11.9 Å². The van der Waals surface area contributed by atoms with Crippen molar-refractivity contribution in [2.75, 3.05) is 11.9 Å². The van der Waals surface area contributed by atoms with Gasteiger partial charge in [0.2, 0.25) is 5.82 Å². The predicted octanol–water partition coefficient (Wildman–Crippen LogP) is 2.21. The van der Waals surface area contributed by atoms with Crippen LogP contribution < -0.4 is 16.4 Å². The third kappa shape index (κ3) is 4.65. The molecule has 0 aliphatic carbocycles. The number of carbonyl (C=O) groups is 1. The molecule has 0 aliphatic rings. The third-order valence-corrected chi connectivity index (χ3v) is 3.74. The number of hydroxylamine groups is 1. The fraction of sp³-hybridized carbons (Fsp3) is 0.250. The quantitative estimate of drug-likeness (QED) is 0.609. The molecule has 1 aromatic heterocycles. The topological polar surface area (TPSA) is 92.6 Å². The van der Waals surface area contributed by atoms with Gasteiger partial charge in [-0.1, -0.05) is 15.9 Å². The molecule has 1 heterocycles. The van der Waals surface area contributed by atoms with E-state index in [2.05, 4.69) is 21.2 Å². The van der Waals surface area contributed by atoms with Crippen LogP contribution in [0.1, 0.15) is 17.3 Å². The second-order valence-electron chi connectivity index (χ2n) is 5.49. The highest BCUT2D eigenvalue weighted by atomic mass is 79.9. The fourth-order valence-electron chi connectivity index (χ4n) is 2.00. The number of anilines is 2. The molecule has 1 aromatic carbocycles. The summed E-state index contributed by atoms with van der Waals surface area (Å²) in [6.07, 6.45) is 0.257. The molecule has 1 amide bonds. The Morgan fingerprint density at radius 2 is 2.12 bits per heavy atom. The summed E-state index contributed by atoms with van der Waals surface area (Å²) in [6.45, 7) is 1.26. The number of hydrogen-bond acceptors (Lipinski definition) is 5. The Balaban J connectivity index is 2.41. The van der Waals surface area contributed by atoms with Crippen LogP contribution in [0, 0.1) is 11.6 Å². The minimum Gasteiger partial charge on any atom is -0.391 e. The number of aromatic nitrogens is 1. The first kappa shape index (κ1) is 20.0. The number of halogens is 3. The molecule has 1 unspecified atom stereocenters. The van der Waals surface area contributed by atoms with Gasteiger partial charge in [-0.15, -0.1) is 0 Å². The summed E-state index contributed by atoms with van der Waals surface area (Å²) in [7, 11) is 1.27. The van der Waals surface area contributed by atoms with Crippen LogP contribution in [0.3, 0.4) is 0 Å². The van der Waals surface area contributed by atoms with Gasteiger partial charge < -0.3 is 15.0 Å². The maximum Gasteiger partial charge on any atom is 0.288 e. The molecule has 0 bridgehead atoms. The molecule has 0 fully saturated rings. The monoisotopic (exact) mass is 431 g/mol. The number of hydrogen-bond donors (Lipinski definition) is 3. The average molecular weight is 432 g/mol. The van der Waals surface area contributed by atoms with Gasteiger partial charge in [0.05, 0.1) is 23.0 Å².